The van der Waals surface area contributed by atoms with E-state index in [1.165, 1.54) is 0 Å². The van der Waals surface area contributed by atoms with Crippen molar-refractivity contribution in [2.24, 2.45) is 5.92 Å². The van der Waals surface area contributed by atoms with E-state index >= 15 is 0 Å². The smallest absolute Gasteiger partial charge is 0.265 e. The molecule has 0 radical (unpaired) electrons. The van der Waals surface area contributed by atoms with Crippen molar-refractivity contribution in [3.63, 3.8) is 0 Å². The lowest BCUT2D eigenvalue weighted by atomic mass is 10.2. The maximum absolute atomic E-state index is 12.4. The Morgan fingerprint density at radius 1 is 1.03 bits per heavy atom. The first-order chi connectivity index (χ1) is 14.4. The minimum absolute atomic E-state index is 0.0601. The molecule has 0 heterocycles. The van der Waals surface area contributed by atoms with Gasteiger partial charge in [-0.1, -0.05) is 12.1 Å². The van der Waals surface area contributed by atoms with Gasteiger partial charge in [0.15, 0.2) is 6.10 Å². The summed E-state index contributed by atoms with van der Waals surface area (Å²) in [5.41, 5.74) is 2.11. The molecule has 0 saturated heterocycles. The maximum Gasteiger partial charge on any atom is 0.265 e. The molecule has 158 valence electrons. The van der Waals surface area contributed by atoms with Gasteiger partial charge in [0.25, 0.3) is 11.8 Å². The van der Waals surface area contributed by atoms with Crippen molar-refractivity contribution in [3.05, 3.63) is 59.7 Å². The normalized spacial score (nSPS) is 13.8. The van der Waals surface area contributed by atoms with Crippen LogP contribution in [0, 0.1) is 12.8 Å². The predicted octanol–water partition coefficient (Wildman–Crippen LogP) is 2.66. The van der Waals surface area contributed by atoms with Crippen molar-refractivity contribution in [2.75, 3.05) is 18.4 Å². The van der Waals surface area contributed by atoms with Crippen LogP contribution < -0.4 is 20.7 Å². The van der Waals surface area contributed by atoms with Crippen LogP contribution in [0.25, 0.3) is 0 Å². The Labute approximate surface area is 176 Å². The molecule has 2 aromatic carbocycles. The summed E-state index contributed by atoms with van der Waals surface area (Å²) in [7, 11) is 0. The Morgan fingerprint density at radius 2 is 1.73 bits per heavy atom. The van der Waals surface area contributed by atoms with Crippen LogP contribution in [0.3, 0.4) is 0 Å². The lowest BCUT2D eigenvalue weighted by Gasteiger charge is -2.15. The highest BCUT2D eigenvalue weighted by Crippen LogP contribution is 2.28. The van der Waals surface area contributed by atoms with Gasteiger partial charge in [-0.25, -0.2) is 0 Å². The minimum atomic E-state index is -0.666. The maximum atomic E-state index is 12.4. The molecule has 1 saturated carbocycles. The quantitative estimate of drug-likeness (QED) is 0.555. The summed E-state index contributed by atoms with van der Waals surface area (Å²) in [5.74, 6) is 0.348. The first kappa shape index (κ1) is 21.4. The van der Waals surface area contributed by atoms with Crippen LogP contribution in [0.15, 0.2) is 48.5 Å². The summed E-state index contributed by atoms with van der Waals surface area (Å²) in [6.07, 6.45) is 1.25. The van der Waals surface area contributed by atoms with E-state index in [1.54, 1.807) is 31.2 Å². The van der Waals surface area contributed by atoms with Gasteiger partial charge in [-0.05, 0) is 68.7 Å². The van der Waals surface area contributed by atoms with Gasteiger partial charge in [0, 0.05) is 30.3 Å². The third-order valence-electron chi connectivity index (χ3n) is 4.74. The second-order valence-corrected chi connectivity index (χ2v) is 7.46. The molecule has 1 unspecified atom stereocenters. The molecule has 30 heavy (non-hydrogen) atoms. The Balaban J connectivity index is 1.43. The summed E-state index contributed by atoms with van der Waals surface area (Å²) >= 11 is 0. The molecule has 0 spiro atoms. The van der Waals surface area contributed by atoms with E-state index in [9.17, 15) is 14.4 Å². The van der Waals surface area contributed by atoms with Gasteiger partial charge >= 0.3 is 0 Å². The first-order valence-electron chi connectivity index (χ1n) is 10.1. The molecule has 0 bridgehead atoms. The Kier molecular flexibility index (Phi) is 7.06. The molecule has 1 atom stereocenters. The molecule has 3 amide bonds. The zero-order valence-corrected chi connectivity index (χ0v) is 17.2. The number of anilines is 1. The van der Waals surface area contributed by atoms with Gasteiger partial charge in [-0.15, -0.1) is 0 Å². The first-order valence-corrected chi connectivity index (χ1v) is 10.1. The standard InChI is InChI=1S/C23H27N3O4/c1-15-4-3-5-20(14-15)30-16(2)21(27)26-19-10-8-18(9-11-19)23(29)25-13-12-24-22(28)17-6-7-17/h3-5,8-11,14,16-17H,6-7,12-13H2,1-2H3,(H,24,28)(H,25,29)(H,26,27). The van der Waals surface area contributed by atoms with Crippen molar-refractivity contribution in [1.82, 2.24) is 10.6 Å². The molecule has 1 aliphatic rings. The van der Waals surface area contributed by atoms with Gasteiger partial charge in [-0.3, -0.25) is 14.4 Å². The minimum Gasteiger partial charge on any atom is -0.481 e. The summed E-state index contributed by atoms with van der Waals surface area (Å²) in [6, 6.07) is 14.1. The predicted molar refractivity (Wildman–Crippen MR) is 114 cm³/mol. The highest BCUT2D eigenvalue weighted by Gasteiger charge is 2.29. The van der Waals surface area contributed by atoms with E-state index in [0.29, 0.717) is 30.1 Å². The molecule has 3 rings (SSSR count). The van der Waals surface area contributed by atoms with Gasteiger partial charge in [0.05, 0.1) is 0 Å². The number of benzene rings is 2. The van der Waals surface area contributed by atoms with Crippen LogP contribution in [-0.2, 0) is 9.59 Å². The molecular weight excluding hydrogens is 382 g/mol. The molecule has 2 aromatic rings. The fraction of sp³-hybridized carbons (Fsp3) is 0.348. The molecule has 0 aromatic heterocycles. The van der Waals surface area contributed by atoms with Crippen molar-refractivity contribution in [1.29, 1.82) is 0 Å². The number of hydrogen-bond acceptors (Lipinski definition) is 4. The number of carbonyl (C=O) groups is 3. The zero-order valence-electron chi connectivity index (χ0n) is 17.2. The topological polar surface area (TPSA) is 96.5 Å². The highest BCUT2D eigenvalue weighted by atomic mass is 16.5. The largest absolute Gasteiger partial charge is 0.481 e. The SMILES string of the molecule is Cc1cccc(OC(C)C(=O)Nc2ccc(C(=O)NCCNC(=O)C3CC3)cc2)c1. The van der Waals surface area contributed by atoms with Crippen LogP contribution in [0.4, 0.5) is 5.69 Å². The fourth-order valence-electron chi connectivity index (χ4n) is 2.85. The van der Waals surface area contributed by atoms with Crippen molar-refractivity contribution in [3.8, 4) is 5.75 Å². The van der Waals surface area contributed by atoms with Gasteiger partial charge in [0.1, 0.15) is 5.75 Å². The van der Waals surface area contributed by atoms with Crippen LogP contribution in [0.2, 0.25) is 0 Å². The highest BCUT2D eigenvalue weighted by molar-refractivity contribution is 5.96. The number of nitrogens with one attached hydrogen (secondary N) is 3. The molecule has 0 aliphatic heterocycles. The number of amides is 3. The summed E-state index contributed by atoms with van der Waals surface area (Å²) < 4.78 is 5.68. The number of rotatable bonds is 9. The van der Waals surface area contributed by atoms with Crippen molar-refractivity contribution < 1.29 is 19.1 Å². The number of carbonyl (C=O) groups excluding carboxylic acids is 3. The van der Waals surface area contributed by atoms with Crippen LogP contribution in [0.5, 0.6) is 5.75 Å². The molecule has 7 heteroatoms. The lowest BCUT2D eigenvalue weighted by Crippen LogP contribution is -2.35. The molecule has 1 aliphatic carbocycles. The average Bonchev–Trinajstić information content (AvgIpc) is 3.57. The van der Waals surface area contributed by atoms with E-state index < -0.39 is 6.10 Å². The number of hydrogen-bond donors (Lipinski definition) is 3. The van der Waals surface area contributed by atoms with Gasteiger partial charge in [0.2, 0.25) is 5.91 Å². The molecule has 3 N–H and O–H groups in total. The van der Waals surface area contributed by atoms with E-state index in [1.807, 2.05) is 31.2 Å². The van der Waals surface area contributed by atoms with E-state index in [2.05, 4.69) is 16.0 Å². The Bertz CT molecular complexity index is 907. The van der Waals surface area contributed by atoms with Crippen molar-refractivity contribution >= 4 is 23.4 Å². The second-order valence-electron chi connectivity index (χ2n) is 7.46. The van der Waals surface area contributed by atoms with Crippen LogP contribution in [0.1, 0.15) is 35.7 Å². The fourth-order valence-corrected chi connectivity index (χ4v) is 2.85. The average molecular weight is 409 g/mol. The Morgan fingerprint density at radius 3 is 2.40 bits per heavy atom. The lowest BCUT2D eigenvalue weighted by molar-refractivity contribution is -0.122. The summed E-state index contributed by atoms with van der Waals surface area (Å²) in [6.45, 7) is 4.42. The van der Waals surface area contributed by atoms with Crippen LogP contribution in [-0.4, -0.2) is 36.9 Å². The Hall–Kier alpha value is -3.35. The van der Waals surface area contributed by atoms with Gasteiger partial charge in [-0.2, -0.15) is 0 Å². The van der Waals surface area contributed by atoms with Crippen molar-refractivity contribution in [2.45, 2.75) is 32.8 Å². The molecule has 1 fully saturated rings. The zero-order chi connectivity index (χ0) is 21.5. The van der Waals surface area contributed by atoms with Crippen LogP contribution >= 0.6 is 0 Å². The monoisotopic (exact) mass is 409 g/mol. The van der Waals surface area contributed by atoms with Gasteiger partial charge < -0.3 is 20.7 Å². The summed E-state index contributed by atoms with van der Waals surface area (Å²) in [4.78, 5) is 36.1. The van der Waals surface area contributed by atoms with E-state index in [-0.39, 0.29) is 23.6 Å². The number of ether oxygens (including phenoxy) is 1. The summed E-state index contributed by atoms with van der Waals surface area (Å²) in [5, 5.41) is 8.34. The third kappa shape index (κ3) is 6.34. The molecular formula is C23H27N3O4. The third-order valence-corrected chi connectivity index (χ3v) is 4.74. The second kappa shape index (κ2) is 9.91. The van der Waals surface area contributed by atoms with E-state index in [0.717, 1.165) is 18.4 Å². The molecule has 7 nitrogen and oxygen atoms in total. The number of aryl methyl sites for hydroxylation is 1. The van der Waals surface area contributed by atoms with E-state index in [4.69, 9.17) is 4.74 Å².